The average molecular weight is 370 g/mol. The van der Waals surface area contributed by atoms with E-state index < -0.39 is 19.2 Å². The Balaban J connectivity index is 2.05. The summed E-state index contributed by atoms with van der Waals surface area (Å²) in [6, 6.07) is 11.6. The van der Waals surface area contributed by atoms with Gasteiger partial charge in [0.05, 0.1) is 5.69 Å². The third-order valence-electron chi connectivity index (χ3n) is 3.14. The van der Waals surface area contributed by atoms with Crippen molar-refractivity contribution in [1.29, 1.82) is 0 Å². The number of nitrogens with zero attached hydrogens (tertiary/aromatic N) is 1. The average Bonchev–Trinajstić information content (AvgIpc) is 2.60. The first-order valence-corrected chi connectivity index (χ1v) is 9.56. The minimum absolute atomic E-state index is 0.339. The molecule has 0 fully saturated rings. The van der Waals surface area contributed by atoms with Crippen LogP contribution in [0.25, 0.3) is 0 Å². The number of ether oxygens (including phenoxy) is 2. The fourth-order valence-corrected chi connectivity index (χ4v) is 3.11. The van der Waals surface area contributed by atoms with E-state index in [-0.39, 0.29) is 6.61 Å². The fraction of sp³-hybridized carbons (Fsp3) is 0.250. The van der Waals surface area contributed by atoms with E-state index in [9.17, 15) is 9.36 Å². The van der Waals surface area contributed by atoms with Crippen molar-refractivity contribution in [3.05, 3.63) is 59.4 Å². The largest absolute Gasteiger partial charge is 0.482 e. The van der Waals surface area contributed by atoms with Crippen molar-refractivity contribution in [2.24, 2.45) is 0 Å². The molecule has 0 saturated heterocycles. The Kier molecular flexibility index (Phi) is 6.37. The quantitative estimate of drug-likeness (QED) is 0.544. The molecule has 0 amide bonds. The Morgan fingerprint density at radius 2 is 1.96 bits per heavy atom. The Morgan fingerprint density at radius 3 is 2.54 bits per heavy atom. The van der Waals surface area contributed by atoms with Crippen molar-refractivity contribution in [3.8, 4) is 5.75 Å². The van der Waals surface area contributed by atoms with Crippen LogP contribution in [0.4, 0.5) is 0 Å². The topological polar surface area (TPSA) is 74.7 Å². The molecule has 0 saturated carbocycles. The SMILES string of the molecule is COP(C)(=O)C(OC(=O)COc1ccc(Cl)cc1)c1ccccn1. The normalized spacial score (nSPS) is 14.5. The van der Waals surface area contributed by atoms with Crippen LogP contribution in [-0.4, -0.2) is 31.3 Å². The molecular formula is C16H17ClNO5P. The zero-order chi connectivity index (χ0) is 17.6. The van der Waals surface area contributed by atoms with Gasteiger partial charge in [-0.1, -0.05) is 17.7 Å². The van der Waals surface area contributed by atoms with E-state index in [1.165, 1.54) is 20.0 Å². The number of halogens is 1. The number of rotatable bonds is 7. The lowest BCUT2D eigenvalue weighted by molar-refractivity contribution is -0.148. The van der Waals surface area contributed by atoms with Gasteiger partial charge in [-0.3, -0.25) is 9.55 Å². The van der Waals surface area contributed by atoms with Gasteiger partial charge in [-0.2, -0.15) is 0 Å². The molecule has 2 aromatic rings. The molecule has 0 aliphatic rings. The first kappa shape index (κ1) is 18.5. The van der Waals surface area contributed by atoms with Crippen LogP contribution >= 0.6 is 19.0 Å². The van der Waals surface area contributed by atoms with E-state index in [1.54, 1.807) is 42.5 Å². The van der Waals surface area contributed by atoms with Gasteiger partial charge in [0.1, 0.15) is 5.75 Å². The number of hydrogen-bond acceptors (Lipinski definition) is 6. The number of pyridine rings is 1. The second-order valence-corrected chi connectivity index (χ2v) is 8.02. The number of hydrogen-bond donors (Lipinski definition) is 0. The highest BCUT2D eigenvalue weighted by molar-refractivity contribution is 7.58. The summed E-state index contributed by atoms with van der Waals surface area (Å²) in [4.78, 5) is 16.1. The van der Waals surface area contributed by atoms with Crippen molar-refractivity contribution in [3.63, 3.8) is 0 Å². The van der Waals surface area contributed by atoms with E-state index >= 15 is 0 Å². The van der Waals surface area contributed by atoms with Crippen LogP contribution in [0, 0.1) is 0 Å². The fourth-order valence-electron chi connectivity index (χ4n) is 1.85. The molecule has 0 aliphatic carbocycles. The summed E-state index contributed by atoms with van der Waals surface area (Å²) in [5.41, 5.74) is 0.352. The van der Waals surface area contributed by atoms with E-state index in [1.807, 2.05) is 0 Å². The Bertz CT molecular complexity index is 723. The number of aromatic nitrogens is 1. The van der Waals surface area contributed by atoms with Crippen LogP contribution in [0.3, 0.4) is 0 Å². The third kappa shape index (κ3) is 5.06. The van der Waals surface area contributed by atoms with Crippen molar-refractivity contribution < 1.29 is 23.4 Å². The van der Waals surface area contributed by atoms with Gasteiger partial charge in [0.25, 0.3) is 0 Å². The van der Waals surface area contributed by atoms with Crippen molar-refractivity contribution in [1.82, 2.24) is 4.98 Å². The zero-order valence-corrected chi connectivity index (χ0v) is 14.9. The molecular weight excluding hydrogens is 353 g/mol. The number of esters is 1. The molecule has 0 radical (unpaired) electrons. The molecule has 1 aromatic heterocycles. The van der Waals surface area contributed by atoms with E-state index in [4.69, 9.17) is 25.6 Å². The van der Waals surface area contributed by atoms with Gasteiger partial charge >= 0.3 is 5.97 Å². The molecule has 8 heteroatoms. The first-order valence-electron chi connectivity index (χ1n) is 7.04. The van der Waals surface area contributed by atoms with E-state index in [0.29, 0.717) is 16.5 Å². The maximum Gasteiger partial charge on any atom is 0.345 e. The lowest BCUT2D eigenvalue weighted by Gasteiger charge is -2.22. The van der Waals surface area contributed by atoms with Gasteiger partial charge in [-0.05, 0) is 36.4 Å². The van der Waals surface area contributed by atoms with Crippen LogP contribution < -0.4 is 4.74 Å². The molecule has 0 spiro atoms. The molecule has 128 valence electrons. The highest BCUT2D eigenvalue weighted by atomic mass is 35.5. The second kappa shape index (κ2) is 8.29. The van der Waals surface area contributed by atoms with Gasteiger partial charge in [-0.25, -0.2) is 4.79 Å². The number of carbonyl (C=O) groups excluding carboxylic acids is 1. The van der Waals surface area contributed by atoms with Crippen LogP contribution in [0.1, 0.15) is 11.5 Å². The molecule has 0 bridgehead atoms. The maximum absolute atomic E-state index is 12.5. The standard InChI is InChI=1S/C16H17ClNO5P/c1-21-24(2,20)16(14-5-3-4-10-18-14)23-15(19)11-22-13-8-6-12(17)7-9-13/h3-10,16H,11H2,1-2H3. The number of benzene rings is 1. The highest BCUT2D eigenvalue weighted by Gasteiger charge is 2.34. The zero-order valence-electron chi connectivity index (χ0n) is 13.2. The monoisotopic (exact) mass is 369 g/mol. The minimum Gasteiger partial charge on any atom is -0.482 e. The van der Waals surface area contributed by atoms with Crippen LogP contribution in [0.5, 0.6) is 5.75 Å². The second-order valence-electron chi connectivity index (χ2n) is 4.93. The van der Waals surface area contributed by atoms with Gasteiger partial charge < -0.3 is 14.0 Å². The Morgan fingerprint density at radius 1 is 1.25 bits per heavy atom. The molecule has 24 heavy (non-hydrogen) atoms. The molecule has 2 unspecified atom stereocenters. The van der Waals surface area contributed by atoms with Crippen LogP contribution in [0.2, 0.25) is 5.02 Å². The van der Waals surface area contributed by atoms with Crippen molar-refractivity contribution in [2.45, 2.75) is 5.85 Å². The third-order valence-corrected chi connectivity index (χ3v) is 5.34. The van der Waals surface area contributed by atoms with E-state index in [2.05, 4.69) is 4.98 Å². The summed E-state index contributed by atoms with van der Waals surface area (Å²) >= 11 is 5.78. The Hall–Kier alpha value is -1.88. The first-order chi connectivity index (χ1) is 11.4. The molecule has 1 aromatic carbocycles. The lowest BCUT2D eigenvalue weighted by atomic mass is 10.3. The molecule has 0 N–H and O–H groups in total. The number of carbonyl (C=O) groups is 1. The summed E-state index contributed by atoms with van der Waals surface area (Å²) in [6.07, 6.45) is 1.52. The summed E-state index contributed by atoms with van der Waals surface area (Å²) < 4.78 is 28.2. The van der Waals surface area contributed by atoms with Gasteiger partial charge in [0, 0.05) is 25.0 Å². The van der Waals surface area contributed by atoms with Crippen LogP contribution in [-0.2, 0) is 18.6 Å². The molecule has 6 nitrogen and oxygen atoms in total. The van der Waals surface area contributed by atoms with Gasteiger partial charge in [0.15, 0.2) is 6.61 Å². The molecule has 2 atom stereocenters. The molecule has 1 heterocycles. The lowest BCUT2D eigenvalue weighted by Crippen LogP contribution is -2.19. The van der Waals surface area contributed by atoms with Crippen molar-refractivity contribution >= 4 is 24.9 Å². The summed E-state index contributed by atoms with van der Waals surface area (Å²) in [6.45, 7) is 1.05. The van der Waals surface area contributed by atoms with Crippen molar-refractivity contribution in [2.75, 3.05) is 20.4 Å². The van der Waals surface area contributed by atoms with Gasteiger partial charge in [0.2, 0.25) is 13.2 Å². The summed E-state index contributed by atoms with van der Waals surface area (Å²) in [7, 11) is -1.94. The predicted octanol–water partition coefficient (Wildman–Crippen LogP) is 3.91. The Labute approximate surface area is 145 Å². The molecule has 2 rings (SSSR count). The highest BCUT2D eigenvalue weighted by Crippen LogP contribution is 2.56. The molecule has 0 aliphatic heterocycles. The smallest absolute Gasteiger partial charge is 0.345 e. The maximum atomic E-state index is 12.5. The summed E-state index contributed by atoms with van der Waals surface area (Å²) in [5.74, 6) is -1.30. The minimum atomic E-state index is -3.24. The summed E-state index contributed by atoms with van der Waals surface area (Å²) in [5, 5.41) is 0.562. The van der Waals surface area contributed by atoms with Crippen LogP contribution in [0.15, 0.2) is 48.7 Å². The van der Waals surface area contributed by atoms with Gasteiger partial charge in [-0.15, -0.1) is 0 Å². The van der Waals surface area contributed by atoms with E-state index in [0.717, 1.165) is 0 Å². The predicted molar refractivity (Wildman–Crippen MR) is 90.6 cm³/mol.